The van der Waals surface area contributed by atoms with E-state index in [0.717, 1.165) is 64.2 Å². The molecule has 2 saturated heterocycles. The highest BCUT2D eigenvalue weighted by Gasteiger charge is 2.22. The molecule has 0 unspecified atom stereocenters. The molecule has 2 aliphatic heterocycles. The number of rotatable bonds is 6. The maximum absolute atomic E-state index is 11.6. The van der Waals surface area contributed by atoms with Crippen LogP contribution >= 0.6 is 0 Å². The van der Waals surface area contributed by atoms with Crippen LogP contribution in [0, 0.1) is 0 Å². The summed E-state index contributed by atoms with van der Waals surface area (Å²) in [5.74, 6) is 1.79. The number of aromatic nitrogens is 4. The first kappa shape index (κ1) is 15.1. The number of nitrogens with one attached hydrogen (secondary N) is 1. The number of anilines is 2. The number of carbonyl (C=O) groups excluding carboxylic acids is 1. The molecule has 2 aromatic rings. The average Bonchev–Trinajstić information content (AvgIpc) is 3.32. The van der Waals surface area contributed by atoms with E-state index in [1.807, 2.05) is 4.90 Å². The van der Waals surface area contributed by atoms with Crippen LogP contribution in [0.4, 0.5) is 11.6 Å². The highest BCUT2D eigenvalue weighted by Crippen LogP contribution is 2.26. The zero-order chi connectivity index (χ0) is 16.4. The summed E-state index contributed by atoms with van der Waals surface area (Å²) in [6, 6.07) is 0. The lowest BCUT2D eigenvalue weighted by molar-refractivity contribution is -0.127. The van der Waals surface area contributed by atoms with Crippen LogP contribution < -0.4 is 10.2 Å². The van der Waals surface area contributed by atoms with Crippen molar-refractivity contribution in [3.8, 4) is 0 Å². The zero-order valence-electron chi connectivity index (χ0n) is 13.6. The predicted octanol–water partition coefficient (Wildman–Crippen LogP) is 1.04. The molecule has 0 radical (unpaired) electrons. The van der Waals surface area contributed by atoms with Crippen LogP contribution in [0.2, 0.25) is 0 Å². The van der Waals surface area contributed by atoms with Gasteiger partial charge in [-0.2, -0.15) is 0 Å². The number of hydrogen-bond donors (Lipinski definition) is 1. The van der Waals surface area contributed by atoms with Gasteiger partial charge in [0.05, 0.1) is 0 Å². The molecule has 1 amide bonds. The zero-order valence-corrected chi connectivity index (χ0v) is 13.6. The third-order valence-electron chi connectivity index (χ3n) is 4.57. The number of nitrogens with zero attached hydrogens (tertiary/aromatic N) is 6. The Kier molecular flexibility index (Phi) is 4.14. The van der Waals surface area contributed by atoms with Crippen molar-refractivity contribution in [3.63, 3.8) is 0 Å². The van der Waals surface area contributed by atoms with Crippen LogP contribution in [-0.4, -0.2) is 63.8 Å². The van der Waals surface area contributed by atoms with Crippen LogP contribution in [0.3, 0.4) is 0 Å². The standard InChI is InChI=1S/C15H21N7O2/c23-11-5-3-9-21(11)10-4-6-16-14-15(22-7-1-2-8-22)18-13-12(17-14)19-24-20-13/h1-10H2,(H,16,17,19). The number of amides is 1. The molecule has 0 bridgehead atoms. The van der Waals surface area contributed by atoms with Gasteiger partial charge in [0.2, 0.25) is 17.2 Å². The summed E-state index contributed by atoms with van der Waals surface area (Å²) in [5.41, 5.74) is 0.847. The molecule has 2 aliphatic rings. The molecule has 9 nitrogen and oxygen atoms in total. The predicted molar refractivity (Wildman–Crippen MR) is 87.8 cm³/mol. The van der Waals surface area contributed by atoms with Gasteiger partial charge in [-0.1, -0.05) is 0 Å². The largest absolute Gasteiger partial charge is 0.367 e. The second kappa shape index (κ2) is 6.58. The molecule has 1 N–H and O–H groups in total. The quantitative estimate of drug-likeness (QED) is 0.784. The first-order chi connectivity index (χ1) is 11.8. The number of hydrogen-bond acceptors (Lipinski definition) is 8. The SMILES string of the molecule is O=C1CCCN1CCCNc1nc2nonc2nc1N1CCCC1. The Morgan fingerprint density at radius 1 is 1.04 bits per heavy atom. The van der Waals surface area contributed by atoms with Gasteiger partial charge in [-0.15, -0.1) is 0 Å². The van der Waals surface area contributed by atoms with Crippen LogP contribution in [0.5, 0.6) is 0 Å². The molecule has 0 spiro atoms. The third kappa shape index (κ3) is 2.98. The molecular weight excluding hydrogens is 310 g/mol. The molecule has 2 aromatic heterocycles. The third-order valence-corrected chi connectivity index (χ3v) is 4.57. The average molecular weight is 331 g/mol. The summed E-state index contributed by atoms with van der Waals surface area (Å²) in [6.07, 6.45) is 4.86. The summed E-state index contributed by atoms with van der Waals surface area (Å²) in [5, 5.41) is 10.9. The van der Waals surface area contributed by atoms with Crippen molar-refractivity contribution >= 4 is 28.8 Å². The number of fused-ring (bicyclic) bond motifs is 1. The first-order valence-electron chi connectivity index (χ1n) is 8.58. The van der Waals surface area contributed by atoms with Crippen LogP contribution in [0.25, 0.3) is 11.3 Å². The Labute approximate surface area is 139 Å². The minimum atomic E-state index is 0.266. The maximum atomic E-state index is 11.6. The fourth-order valence-corrected chi connectivity index (χ4v) is 3.31. The molecule has 4 heterocycles. The molecule has 24 heavy (non-hydrogen) atoms. The highest BCUT2D eigenvalue weighted by atomic mass is 16.6. The summed E-state index contributed by atoms with van der Waals surface area (Å²) in [7, 11) is 0. The summed E-state index contributed by atoms with van der Waals surface area (Å²) in [4.78, 5) is 24.8. The van der Waals surface area contributed by atoms with E-state index in [9.17, 15) is 4.79 Å². The Hall–Kier alpha value is -2.45. The minimum absolute atomic E-state index is 0.266. The Morgan fingerprint density at radius 2 is 1.83 bits per heavy atom. The van der Waals surface area contributed by atoms with Gasteiger partial charge in [-0.05, 0) is 36.0 Å². The molecule has 0 aromatic carbocycles. The minimum Gasteiger partial charge on any atom is -0.367 e. The summed E-state index contributed by atoms with van der Waals surface area (Å²) < 4.78 is 4.73. The molecule has 0 saturated carbocycles. The lowest BCUT2D eigenvalue weighted by Gasteiger charge is -2.20. The van der Waals surface area contributed by atoms with E-state index < -0.39 is 0 Å². The number of carbonyl (C=O) groups is 1. The molecule has 9 heteroatoms. The van der Waals surface area contributed by atoms with Gasteiger partial charge in [-0.3, -0.25) is 4.79 Å². The van der Waals surface area contributed by atoms with E-state index in [1.165, 1.54) is 0 Å². The fourth-order valence-electron chi connectivity index (χ4n) is 3.31. The van der Waals surface area contributed by atoms with Gasteiger partial charge in [0.1, 0.15) is 0 Å². The van der Waals surface area contributed by atoms with Crippen molar-refractivity contribution in [1.82, 2.24) is 25.2 Å². The van der Waals surface area contributed by atoms with Crippen molar-refractivity contribution in [3.05, 3.63) is 0 Å². The van der Waals surface area contributed by atoms with Gasteiger partial charge >= 0.3 is 0 Å². The monoisotopic (exact) mass is 331 g/mol. The van der Waals surface area contributed by atoms with E-state index in [2.05, 4.69) is 30.5 Å². The van der Waals surface area contributed by atoms with Crippen molar-refractivity contribution in [2.45, 2.75) is 32.1 Å². The normalized spacial score (nSPS) is 18.1. The Bertz CT molecular complexity index is 726. The second-order valence-corrected chi connectivity index (χ2v) is 6.27. The van der Waals surface area contributed by atoms with E-state index in [0.29, 0.717) is 23.5 Å². The van der Waals surface area contributed by atoms with E-state index in [-0.39, 0.29) is 5.91 Å². The van der Waals surface area contributed by atoms with Gasteiger partial charge in [0, 0.05) is 39.1 Å². The first-order valence-corrected chi connectivity index (χ1v) is 8.58. The molecular formula is C15H21N7O2. The van der Waals surface area contributed by atoms with Crippen molar-refractivity contribution in [2.24, 2.45) is 0 Å². The summed E-state index contributed by atoms with van der Waals surface area (Å²) >= 11 is 0. The fraction of sp³-hybridized carbons (Fsp3) is 0.667. The van der Waals surface area contributed by atoms with Gasteiger partial charge in [0.15, 0.2) is 11.6 Å². The summed E-state index contributed by atoms with van der Waals surface area (Å²) in [6.45, 7) is 4.35. The van der Waals surface area contributed by atoms with E-state index in [4.69, 9.17) is 4.63 Å². The lowest BCUT2D eigenvalue weighted by Crippen LogP contribution is -2.27. The van der Waals surface area contributed by atoms with Crippen molar-refractivity contribution in [1.29, 1.82) is 0 Å². The van der Waals surface area contributed by atoms with Crippen LogP contribution in [0.1, 0.15) is 32.1 Å². The molecule has 0 atom stereocenters. The number of likely N-dealkylation sites (tertiary alicyclic amines) is 1. The maximum Gasteiger partial charge on any atom is 0.245 e. The molecule has 4 rings (SSSR count). The van der Waals surface area contributed by atoms with Gasteiger partial charge < -0.3 is 15.1 Å². The van der Waals surface area contributed by atoms with Crippen LogP contribution in [-0.2, 0) is 4.79 Å². The molecule has 128 valence electrons. The highest BCUT2D eigenvalue weighted by molar-refractivity contribution is 5.78. The van der Waals surface area contributed by atoms with Crippen molar-refractivity contribution in [2.75, 3.05) is 42.9 Å². The van der Waals surface area contributed by atoms with Crippen molar-refractivity contribution < 1.29 is 9.42 Å². The van der Waals surface area contributed by atoms with E-state index >= 15 is 0 Å². The molecule has 2 fully saturated rings. The Balaban J connectivity index is 1.43. The smallest absolute Gasteiger partial charge is 0.245 e. The van der Waals surface area contributed by atoms with E-state index in [1.54, 1.807) is 0 Å². The van der Waals surface area contributed by atoms with Gasteiger partial charge in [-0.25, -0.2) is 14.6 Å². The molecule has 0 aliphatic carbocycles. The second-order valence-electron chi connectivity index (χ2n) is 6.27. The van der Waals surface area contributed by atoms with Crippen LogP contribution in [0.15, 0.2) is 4.63 Å². The lowest BCUT2D eigenvalue weighted by atomic mass is 10.3. The Morgan fingerprint density at radius 3 is 2.58 bits per heavy atom. The topological polar surface area (TPSA) is 100 Å². The van der Waals surface area contributed by atoms with Gasteiger partial charge in [0.25, 0.3) is 0 Å².